The predicted molar refractivity (Wildman–Crippen MR) is 146 cm³/mol. The zero-order chi connectivity index (χ0) is 27.8. The van der Waals surface area contributed by atoms with Crippen molar-refractivity contribution >= 4 is 27.5 Å². The number of halogens is 1. The molecule has 2 amide bonds. The quantitative estimate of drug-likeness (QED) is 0.404. The van der Waals surface area contributed by atoms with Crippen LogP contribution in [0.4, 0.5) is 10.1 Å². The summed E-state index contributed by atoms with van der Waals surface area (Å²) in [7, 11) is -3.56. The first-order valence-corrected chi connectivity index (χ1v) is 14.6. The number of carbonyl (C=O) groups is 2. The average Bonchev–Trinajstić information content (AvgIpc) is 2.81. The van der Waals surface area contributed by atoms with Gasteiger partial charge in [-0.3, -0.25) is 13.9 Å². The standard InChI is InChI=1S/C28H40FN3O4S/c1-7-22(5)30-28(34)26(8-2)31(19-23-11-13-24(29)14-12-23)27(33)10-9-15-32(37(6,35)36)25-17-20(3)16-21(4)18-25/h11-14,16-18,22,26H,7-10,15,19H2,1-6H3,(H,30,34)/t22-,26-/m0/s1. The Morgan fingerprint density at radius 1 is 1.00 bits per heavy atom. The van der Waals surface area contributed by atoms with Gasteiger partial charge in [0, 0.05) is 25.6 Å². The van der Waals surface area contributed by atoms with Gasteiger partial charge in [0.15, 0.2) is 0 Å². The van der Waals surface area contributed by atoms with Crippen LogP contribution in [0.25, 0.3) is 0 Å². The van der Waals surface area contributed by atoms with E-state index in [1.165, 1.54) is 21.3 Å². The highest BCUT2D eigenvalue weighted by Crippen LogP contribution is 2.22. The first-order valence-electron chi connectivity index (χ1n) is 12.8. The summed E-state index contributed by atoms with van der Waals surface area (Å²) in [6.45, 7) is 9.82. The summed E-state index contributed by atoms with van der Waals surface area (Å²) in [5, 5.41) is 2.96. The zero-order valence-corrected chi connectivity index (χ0v) is 23.6. The van der Waals surface area contributed by atoms with E-state index in [0.717, 1.165) is 23.8 Å². The Morgan fingerprint density at radius 2 is 1.59 bits per heavy atom. The maximum atomic E-state index is 13.5. The average molecular weight is 534 g/mol. The van der Waals surface area contributed by atoms with Crippen molar-refractivity contribution in [2.45, 2.75) is 78.9 Å². The van der Waals surface area contributed by atoms with Crippen LogP contribution in [0.15, 0.2) is 42.5 Å². The van der Waals surface area contributed by atoms with Gasteiger partial charge >= 0.3 is 0 Å². The first kappa shape index (κ1) is 30.3. The molecule has 2 atom stereocenters. The number of nitrogens with one attached hydrogen (secondary N) is 1. The molecule has 9 heteroatoms. The predicted octanol–water partition coefficient (Wildman–Crippen LogP) is 4.71. The lowest BCUT2D eigenvalue weighted by Crippen LogP contribution is -2.50. The van der Waals surface area contributed by atoms with Crippen LogP contribution in [-0.2, 0) is 26.2 Å². The molecule has 2 aromatic rings. The number of nitrogens with zero attached hydrogens (tertiary/aromatic N) is 2. The number of sulfonamides is 1. The molecule has 0 aliphatic rings. The lowest BCUT2D eigenvalue weighted by Gasteiger charge is -2.32. The van der Waals surface area contributed by atoms with E-state index in [2.05, 4.69) is 5.32 Å². The molecule has 0 bridgehead atoms. The summed E-state index contributed by atoms with van der Waals surface area (Å²) < 4.78 is 39.9. The first-order chi connectivity index (χ1) is 17.3. The molecule has 0 radical (unpaired) electrons. The molecule has 0 saturated carbocycles. The zero-order valence-electron chi connectivity index (χ0n) is 22.8. The van der Waals surface area contributed by atoms with E-state index in [0.29, 0.717) is 17.7 Å². The number of carbonyl (C=O) groups excluding carboxylic acids is 2. The molecule has 0 aliphatic heterocycles. The molecule has 2 aromatic carbocycles. The Morgan fingerprint density at radius 3 is 2.11 bits per heavy atom. The maximum Gasteiger partial charge on any atom is 0.243 e. The molecular weight excluding hydrogens is 493 g/mol. The Kier molecular flexibility index (Phi) is 11.1. The Bertz CT molecular complexity index is 1150. The fraction of sp³-hybridized carbons (Fsp3) is 0.500. The lowest BCUT2D eigenvalue weighted by molar-refractivity contribution is -0.141. The van der Waals surface area contributed by atoms with E-state index in [1.807, 2.05) is 52.8 Å². The molecule has 0 aromatic heterocycles. The summed E-state index contributed by atoms with van der Waals surface area (Å²) >= 11 is 0. The highest BCUT2D eigenvalue weighted by atomic mass is 32.2. The van der Waals surface area contributed by atoms with Crippen molar-refractivity contribution in [2.75, 3.05) is 17.1 Å². The molecule has 0 spiro atoms. The van der Waals surface area contributed by atoms with Gasteiger partial charge in [-0.15, -0.1) is 0 Å². The highest BCUT2D eigenvalue weighted by molar-refractivity contribution is 7.92. The van der Waals surface area contributed by atoms with Gasteiger partial charge in [-0.1, -0.05) is 32.0 Å². The topological polar surface area (TPSA) is 86.8 Å². The van der Waals surface area contributed by atoms with Gasteiger partial charge in [-0.05, 0) is 81.0 Å². The van der Waals surface area contributed by atoms with Crippen LogP contribution in [0.5, 0.6) is 0 Å². The number of aryl methyl sites for hydroxylation is 2. The third-order valence-electron chi connectivity index (χ3n) is 6.30. The van der Waals surface area contributed by atoms with Crippen LogP contribution in [0.3, 0.4) is 0 Å². The van der Waals surface area contributed by atoms with Gasteiger partial charge in [0.1, 0.15) is 11.9 Å². The van der Waals surface area contributed by atoms with Crippen LogP contribution in [-0.4, -0.2) is 50.0 Å². The van der Waals surface area contributed by atoms with Gasteiger partial charge in [-0.25, -0.2) is 12.8 Å². The second-order valence-electron chi connectivity index (χ2n) is 9.67. The number of amides is 2. The number of rotatable bonds is 13. The minimum absolute atomic E-state index is 0.0366. The van der Waals surface area contributed by atoms with Crippen molar-refractivity contribution in [2.24, 2.45) is 0 Å². The van der Waals surface area contributed by atoms with Gasteiger partial charge in [0.05, 0.1) is 11.9 Å². The van der Waals surface area contributed by atoms with Crippen molar-refractivity contribution in [3.05, 3.63) is 65.0 Å². The van der Waals surface area contributed by atoms with E-state index >= 15 is 0 Å². The molecular formula is C28H40FN3O4S. The number of hydrogen-bond acceptors (Lipinski definition) is 4. The SMILES string of the molecule is CC[C@H](C)NC(=O)[C@H](CC)N(Cc1ccc(F)cc1)C(=O)CCCN(c1cc(C)cc(C)c1)S(C)(=O)=O. The molecule has 2 rings (SSSR count). The third-order valence-corrected chi connectivity index (χ3v) is 7.49. The normalized spacial score (nSPS) is 13.1. The second kappa shape index (κ2) is 13.6. The van der Waals surface area contributed by atoms with Gasteiger partial charge in [0.2, 0.25) is 21.8 Å². The molecule has 37 heavy (non-hydrogen) atoms. The molecule has 1 N–H and O–H groups in total. The Balaban J connectivity index is 2.24. The van der Waals surface area contributed by atoms with Crippen molar-refractivity contribution in [3.63, 3.8) is 0 Å². The Hall–Kier alpha value is -2.94. The van der Waals surface area contributed by atoms with Crippen molar-refractivity contribution in [1.29, 1.82) is 0 Å². The molecule has 0 heterocycles. The smallest absolute Gasteiger partial charge is 0.243 e. The molecule has 0 aliphatic carbocycles. The molecule has 0 unspecified atom stereocenters. The fourth-order valence-electron chi connectivity index (χ4n) is 4.25. The molecule has 0 saturated heterocycles. The summed E-state index contributed by atoms with van der Waals surface area (Å²) in [5.74, 6) is -0.875. The van der Waals surface area contributed by atoms with Gasteiger partial charge < -0.3 is 10.2 Å². The molecule has 0 fully saturated rings. The van der Waals surface area contributed by atoms with Crippen LogP contribution >= 0.6 is 0 Å². The van der Waals surface area contributed by atoms with E-state index in [9.17, 15) is 22.4 Å². The third kappa shape index (κ3) is 9.14. The Labute approximate surface area is 221 Å². The van der Waals surface area contributed by atoms with Crippen LogP contribution in [0.2, 0.25) is 0 Å². The van der Waals surface area contributed by atoms with Crippen molar-refractivity contribution < 1.29 is 22.4 Å². The minimum atomic E-state index is -3.56. The fourth-order valence-corrected chi connectivity index (χ4v) is 5.19. The largest absolute Gasteiger partial charge is 0.352 e. The van der Waals surface area contributed by atoms with Crippen molar-refractivity contribution in [3.8, 4) is 0 Å². The van der Waals surface area contributed by atoms with E-state index in [1.54, 1.807) is 12.1 Å². The summed E-state index contributed by atoms with van der Waals surface area (Å²) in [6.07, 6.45) is 2.66. The van der Waals surface area contributed by atoms with E-state index < -0.39 is 16.1 Å². The number of hydrogen-bond donors (Lipinski definition) is 1. The van der Waals surface area contributed by atoms with Gasteiger partial charge in [0.25, 0.3) is 0 Å². The summed E-state index contributed by atoms with van der Waals surface area (Å²) in [5.41, 5.74) is 3.17. The highest BCUT2D eigenvalue weighted by Gasteiger charge is 2.29. The maximum absolute atomic E-state index is 13.5. The lowest BCUT2D eigenvalue weighted by atomic mass is 10.1. The van der Waals surface area contributed by atoms with Crippen LogP contribution < -0.4 is 9.62 Å². The summed E-state index contributed by atoms with van der Waals surface area (Å²) in [4.78, 5) is 28.0. The van der Waals surface area contributed by atoms with Crippen LogP contribution in [0.1, 0.15) is 63.1 Å². The monoisotopic (exact) mass is 533 g/mol. The number of anilines is 1. The minimum Gasteiger partial charge on any atom is -0.352 e. The van der Waals surface area contributed by atoms with Crippen LogP contribution in [0, 0.1) is 19.7 Å². The molecule has 204 valence electrons. The van der Waals surface area contributed by atoms with E-state index in [4.69, 9.17) is 0 Å². The van der Waals surface area contributed by atoms with Crippen molar-refractivity contribution in [1.82, 2.24) is 10.2 Å². The second-order valence-corrected chi connectivity index (χ2v) is 11.6. The molecule has 7 nitrogen and oxygen atoms in total. The van der Waals surface area contributed by atoms with Gasteiger partial charge in [-0.2, -0.15) is 0 Å². The van der Waals surface area contributed by atoms with E-state index in [-0.39, 0.29) is 49.6 Å². The summed E-state index contributed by atoms with van der Waals surface area (Å²) in [6, 6.07) is 10.7. The number of benzene rings is 2.